The van der Waals surface area contributed by atoms with Crippen LogP contribution < -0.4 is 0 Å². The van der Waals surface area contributed by atoms with E-state index in [4.69, 9.17) is 0 Å². The Morgan fingerprint density at radius 3 is 1.12 bits per heavy atom. The molecule has 0 saturated heterocycles. The Balaban J connectivity index is 0.000000442. The normalized spacial score (nSPS) is 9.42. The van der Waals surface area contributed by atoms with Gasteiger partial charge in [0.2, 0.25) is 0 Å². The van der Waals surface area contributed by atoms with E-state index in [0.717, 1.165) is 0 Å². The monoisotopic (exact) mass is 358 g/mol. The van der Waals surface area contributed by atoms with Crippen molar-refractivity contribution < 1.29 is 10.2 Å². The van der Waals surface area contributed by atoms with E-state index in [-0.39, 0.29) is 29.1 Å². The first-order valence-electron chi connectivity index (χ1n) is 8.14. The zero-order valence-corrected chi connectivity index (χ0v) is 17.5. The molecule has 0 unspecified atom stereocenters. The van der Waals surface area contributed by atoms with E-state index in [9.17, 15) is 10.2 Å². The molecule has 0 radical (unpaired) electrons. The van der Waals surface area contributed by atoms with Crippen LogP contribution in [0.3, 0.4) is 0 Å². The summed E-state index contributed by atoms with van der Waals surface area (Å²) in [5.74, 6) is 0.350. The minimum absolute atomic E-state index is 0.175. The van der Waals surface area contributed by atoms with E-state index in [1.54, 1.807) is 36.4 Å². The lowest BCUT2D eigenvalue weighted by atomic mass is 10.0. The van der Waals surface area contributed by atoms with E-state index in [1.165, 1.54) is 0 Å². The van der Waals surface area contributed by atoms with Gasteiger partial charge >= 0.3 is 0 Å². The second-order valence-electron chi connectivity index (χ2n) is 5.99. The molecule has 0 aliphatic heterocycles. The predicted molar refractivity (Wildman–Crippen MR) is 113 cm³/mol. The summed E-state index contributed by atoms with van der Waals surface area (Å²) >= 11 is 0. The highest BCUT2D eigenvalue weighted by molar-refractivity contribution is 6.61. The molecule has 2 nitrogen and oxygen atoms in total. The molecule has 0 amide bonds. The van der Waals surface area contributed by atoms with Crippen LogP contribution in [-0.2, 0) is 0 Å². The van der Waals surface area contributed by atoms with Crippen LogP contribution in [0.1, 0.15) is 0 Å². The predicted octanol–water partition coefficient (Wildman–Crippen LogP) is 5.16. The van der Waals surface area contributed by atoms with E-state index in [2.05, 4.69) is 50.7 Å². The van der Waals surface area contributed by atoms with Crippen LogP contribution in [0.2, 0.25) is 26.2 Å². The molecular weight excluding hydrogens is 328 g/mol. The molecule has 0 heterocycles. The molecule has 0 spiro atoms. The third kappa shape index (κ3) is 9.17. The standard InChI is InChI=1S/C12H10O2.2C4H10Si/c13-11-7-3-1-5-9(11)10-6-2-4-8-12(10)14;2*1-4-5(2)3/h1-8,13-14H;2*4-5H,1H2,2-3H3. The minimum Gasteiger partial charge on any atom is -0.507 e. The smallest absolute Gasteiger partial charge is 0.123 e. The van der Waals surface area contributed by atoms with Gasteiger partial charge in [0.05, 0.1) is 17.6 Å². The highest BCUT2D eigenvalue weighted by Gasteiger charge is 2.06. The van der Waals surface area contributed by atoms with Crippen LogP contribution in [0.4, 0.5) is 0 Å². The summed E-state index contributed by atoms with van der Waals surface area (Å²) in [5, 5.41) is 19.2. The van der Waals surface area contributed by atoms with Crippen LogP contribution in [0, 0.1) is 0 Å². The molecule has 0 aliphatic carbocycles. The molecule has 0 atom stereocenters. The SMILES string of the molecule is C=C[SiH](C)C.C=C[SiH](C)C.Oc1ccccc1-c1ccccc1O. The number of benzene rings is 2. The average Bonchev–Trinajstić information content (AvgIpc) is 2.57. The zero-order chi connectivity index (χ0) is 18.5. The fraction of sp³-hybridized carbons (Fsp3) is 0.200. The van der Waals surface area contributed by atoms with Gasteiger partial charge in [0, 0.05) is 11.1 Å². The largest absolute Gasteiger partial charge is 0.507 e. The van der Waals surface area contributed by atoms with Gasteiger partial charge in [-0.2, -0.15) is 0 Å². The molecule has 0 bridgehead atoms. The molecular formula is C20H30O2Si2. The van der Waals surface area contributed by atoms with Gasteiger partial charge in [-0.25, -0.2) is 0 Å². The van der Waals surface area contributed by atoms with Gasteiger partial charge in [0.25, 0.3) is 0 Å². The van der Waals surface area contributed by atoms with Gasteiger partial charge in [-0.3, -0.25) is 0 Å². The highest BCUT2D eigenvalue weighted by Crippen LogP contribution is 2.34. The van der Waals surface area contributed by atoms with Crippen molar-refractivity contribution in [3.8, 4) is 22.6 Å². The van der Waals surface area contributed by atoms with Crippen molar-refractivity contribution in [2.24, 2.45) is 0 Å². The van der Waals surface area contributed by atoms with Gasteiger partial charge in [-0.05, 0) is 12.1 Å². The Bertz CT molecular complexity index is 567. The number of aromatic hydroxyl groups is 2. The number of hydrogen-bond donors (Lipinski definition) is 2. The Hall–Kier alpha value is -2.05. The van der Waals surface area contributed by atoms with Gasteiger partial charge < -0.3 is 10.2 Å². The molecule has 0 aromatic heterocycles. The molecule has 24 heavy (non-hydrogen) atoms. The van der Waals surface area contributed by atoms with Crippen molar-refractivity contribution in [2.75, 3.05) is 0 Å². The molecule has 0 fully saturated rings. The van der Waals surface area contributed by atoms with E-state index in [1.807, 2.05) is 12.1 Å². The molecule has 130 valence electrons. The lowest BCUT2D eigenvalue weighted by Gasteiger charge is -2.05. The Morgan fingerprint density at radius 1 is 0.667 bits per heavy atom. The Kier molecular flexibility index (Phi) is 11.3. The number of phenolic OH excluding ortho intramolecular Hbond substituents is 2. The van der Waals surface area contributed by atoms with Crippen molar-refractivity contribution in [1.82, 2.24) is 0 Å². The van der Waals surface area contributed by atoms with Crippen LogP contribution in [-0.4, -0.2) is 27.8 Å². The van der Waals surface area contributed by atoms with E-state index >= 15 is 0 Å². The fourth-order valence-corrected chi connectivity index (χ4v) is 1.40. The van der Waals surface area contributed by atoms with E-state index in [0.29, 0.717) is 11.1 Å². The lowest BCUT2D eigenvalue weighted by molar-refractivity contribution is 0.469. The van der Waals surface area contributed by atoms with Crippen molar-refractivity contribution in [3.05, 3.63) is 73.1 Å². The Morgan fingerprint density at radius 2 is 0.917 bits per heavy atom. The summed E-state index contributed by atoms with van der Waals surface area (Å²) in [6.45, 7) is 16.2. The summed E-state index contributed by atoms with van der Waals surface area (Å²) in [6.07, 6.45) is 0. The molecule has 0 aliphatic rings. The van der Waals surface area contributed by atoms with E-state index < -0.39 is 0 Å². The maximum Gasteiger partial charge on any atom is 0.123 e. The molecule has 4 heteroatoms. The molecule has 2 N–H and O–H groups in total. The first kappa shape index (κ1) is 22.0. The number of rotatable bonds is 3. The molecule has 2 aromatic rings. The third-order valence-electron chi connectivity index (χ3n) is 3.04. The number of phenols is 2. The van der Waals surface area contributed by atoms with Crippen LogP contribution in [0.5, 0.6) is 11.5 Å². The topological polar surface area (TPSA) is 40.5 Å². The fourth-order valence-electron chi connectivity index (χ4n) is 1.40. The average molecular weight is 359 g/mol. The molecule has 0 saturated carbocycles. The van der Waals surface area contributed by atoms with Gasteiger partial charge in [0.1, 0.15) is 11.5 Å². The second kappa shape index (κ2) is 12.4. The summed E-state index contributed by atoms with van der Waals surface area (Å²) in [7, 11) is -0.772. The minimum atomic E-state index is -0.386. The summed E-state index contributed by atoms with van der Waals surface area (Å²) in [6, 6.07) is 13.9. The molecule has 2 rings (SSSR count). The van der Waals surface area contributed by atoms with Crippen molar-refractivity contribution in [2.45, 2.75) is 26.2 Å². The maximum atomic E-state index is 9.58. The summed E-state index contributed by atoms with van der Waals surface area (Å²) < 4.78 is 0. The van der Waals surface area contributed by atoms with Gasteiger partial charge in [-0.1, -0.05) is 62.6 Å². The quantitative estimate of drug-likeness (QED) is 0.744. The zero-order valence-electron chi connectivity index (χ0n) is 15.2. The van der Waals surface area contributed by atoms with Gasteiger partial charge in [-0.15, -0.1) is 24.6 Å². The summed E-state index contributed by atoms with van der Waals surface area (Å²) in [5.41, 5.74) is 5.40. The second-order valence-corrected chi connectivity index (χ2v) is 11.9. The summed E-state index contributed by atoms with van der Waals surface area (Å²) in [4.78, 5) is 0. The third-order valence-corrected chi connectivity index (χ3v) is 4.93. The van der Waals surface area contributed by atoms with Gasteiger partial charge in [0.15, 0.2) is 0 Å². The lowest BCUT2D eigenvalue weighted by Crippen LogP contribution is -1.89. The van der Waals surface area contributed by atoms with Crippen molar-refractivity contribution >= 4 is 17.6 Å². The number of para-hydroxylation sites is 2. The van der Waals surface area contributed by atoms with Crippen LogP contribution in [0.15, 0.2) is 73.1 Å². The van der Waals surface area contributed by atoms with Crippen molar-refractivity contribution in [1.29, 1.82) is 0 Å². The first-order chi connectivity index (χ1) is 11.3. The van der Waals surface area contributed by atoms with Crippen LogP contribution >= 0.6 is 0 Å². The van der Waals surface area contributed by atoms with Crippen molar-refractivity contribution in [3.63, 3.8) is 0 Å². The highest BCUT2D eigenvalue weighted by atomic mass is 28.3. The van der Waals surface area contributed by atoms with Crippen LogP contribution in [0.25, 0.3) is 11.1 Å². The maximum absolute atomic E-state index is 9.58. The molecule has 2 aromatic carbocycles. The number of hydrogen-bond acceptors (Lipinski definition) is 2. The first-order valence-corrected chi connectivity index (χ1v) is 14.1. The Labute approximate surface area is 150 Å².